The largest absolute Gasteiger partial charge is 0.455 e. The number of halogens is 1. The molecule has 4 heteroatoms. The highest BCUT2D eigenvalue weighted by molar-refractivity contribution is 8.93. The van der Waals surface area contributed by atoms with Gasteiger partial charge in [0.1, 0.15) is 5.94 Å². The maximum Gasteiger partial charge on any atom is 0.303 e. The van der Waals surface area contributed by atoms with Crippen LogP contribution >= 0.6 is 29.6 Å². The molecular formula is C3H7BrO2S. The number of esters is 1. The van der Waals surface area contributed by atoms with Crippen LogP contribution in [0.1, 0.15) is 6.92 Å². The number of hydrogen-bond donors (Lipinski definition) is 1. The van der Waals surface area contributed by atoms with Crippen molar-refractivity contribution in [2.45, 2.75) is 6.92 Å². The van der Waals surface area contributed by atoms with Crippen LogP contribution in [0.5, 0.6) is 0 Å². The fourth-order valence-electron chi connectivity index (χ4n) is 0.0909. The Balaban J connectivity index is 0. The summed E-state index contributed by atoms with van der Waals surface area (Å²) in [5.41, 5.74) is 0. The van der Waals surface area contributed by atoms with Gasteiger partial charge in [-0.05, 0) is 0 Å². The molecule has 0 spiro atoms. The quantitative estimate of drug-likeness (QED) is 0.376. The highest BCUT2D eigenvalue weighted by Crippen LogP contribution is 1.76. The third kappa shape index (κ3) is 10.7. The van der Waals surface area contributed by atoms with Crippen molar-refractivity contribution in [3.8, 4) is 0 Å². The van der Waals surface area contributed by atoms with E-state index in [1.165, 1.54) is 6.92 Å². The molecule has 0 aromatic heterocycles. The van der Waals surface area contributed by atoms with Gasteiger partial charge in [-0.15, -0.1) is 29.6 Å². The minimum Gasteiger partial charge on any atom is -0.455 e. The Hall–Kier alpha value is 0.300. The Morgan fingerprint density at radius 3 is 2.29 bits per heavy atom. The highest BCUT2D eigenvalue weighted by Gasteiger charge is 1.82. The maximum absolute atomic E-state index is 9.77. The fraction of sp³-hybridized carbons (Fsp3) is 0.667. The van der Waals surface area contributed by atoms with Crippen molar-refractivity contribution in [3.63, 3.8) is 0 Å². The Morgan fingerprint density at radius 2 is 2.29 bits per heavy atom. The number of carbonyl (C=O) groups is 1. The van der Waals surface area contributed by atoms with Gasteiger partial charge in [-0.3, -0.25) is 4.79 Å². The lowest BCUT2D eigenvalue weighted by Crippen LogP contribution is -1.93. The Kier molecular flexibility index (Phi) is 9.28. The zero-order chi connectivity index (χ0) is 4.99. The lowest BCUT2D eigenvalue weighted by atomic mass is 10.8. The number of carbonyl (C=O) groups excluding carboxylic acids is 1. The van der Waals surface area contributed by atoms with Gasteiger partial charge in [0.15, 0.2) is 0 Å². The van der Waals surface area contributed by atoms with Gasteiger partial charge >= 0.3 is 5.97 Å². The summed E-state index contributed by atoms with van der Waals surface area (Å²) < 4.78 is 4.27. The van der Waals surface area contributed by atoms with Gasteiger partial charge in [-0.2, -0.15) is 0 Å². The van der Waals surface area contributed by atoms with E-state index in [4.69, 9.17) is 0 Å². The molecule has 0 bridgehead atoms. The van der Waals surface area contributed by atoms with Crippen molar-refractivity contribution in [3.05, 3.63) is 0 Å². The molecule has 0 radical (unpaired) electrons. The second-order valence-corrected chi connectivity index (χ2v) is 1.02. The first-order valence-corrected chi connectivity index (χ1v) is 2.15. The molecule has 0 unspecified atom stereocenters. The first kappa shape index (κ1) is 10.3. The zero-order valence-electron chi connectivity index (χ0n) is 3.88. The topological polar surface area (TPSA) is 26.3 Å². The molecule has 7 heavy (non-hydrogen) atoms. The van der Waals surface area contributed by atoms with Crippen molar-refractivity contribution in [2.24, 2.45) is 0 Å². The van der Waals surface area contributed by atoms with E-state index in [1.807, 2.05) is 0 Å². The summed E-state index contributed by atoms with van der Waals surface area (Å²) in [6, 6.07) is 0. The standard InChI is InChI=1S/C3H6O2S.BrH/c1-3(4)5-2-6;/h6H,2H2,1H3;1H. The van der Waals surface area contributed by atoms with Gasteiger partial charge in [0.05, 0.1) is 0 Å². The van der Waals surface area contributed by atoms with Crippen molar-refractivity contribution in [1.29, 1.82) is 0 Å². The number of rotatable bonds is 1. The molecule has 0 amide bonds. The summed E-state index contributed by atoms with van der Waals surface area (Å²) >= 11 is 3.62. The molecule has 0 aromatic rings. The molecule has 44 valence electrons. The SMILES string of the molecule is Br.CC(=O)OCS. The minimum absolute atomic E-state index is 0. The predicted molar refractivity (Wildman–Crippen MR) is 35.9 cm³/mol. The van der Waals surface area contributed by atoms with Crippen molar-refractivity contribution in [2.75, 3.05) is 5.94 Å². The Bertz CT molecular complexity index is 56.9. The Labute approximate surface area is 58.4 Å². The molecule has 0 aliphatic heterocycles. The van der Waals surface area contributed by atoms with E-state index in [9.17, 15) is 4.79 Å². The van der Waals surface area contributed by atoms with E-state index in [-0.39, 0.29) is 28.9 Å². The van der Waals surface area contributed by atoms with Crippen LogP contribution in [0.3, 0.4) is 0 Å². The van der Waals surface area contributed by atoms with E-state index in [0.29, 0.717) is 0 Å². The molecule has 0 saturated heterocycles. The number of ether oxygens (including phenoxy) is 1. The van der Waals surface area contributed by atoms with Crippen LogP contribution in [0, 0.1) is 0 Å². The van der Waals surface area contributed by atoms with E-state index < -0.39 is 0 Å². The minimum atomic E-state index is -0.287. The average Bonchev–Trinajstić information content (AvgIpc) is 1.35. The smallest absolute Gasteiger partial charge is 0.303 e. The Morgan fingerprint density at radius 1 is 1.86 bits per heavy atom. The molecule has 0 saturated carbocycles. The highest BCUT2D eigenvalue weighted by atomic mass is 79.9. The summed E-state index contributed by atoms with van der Waals surface area (Å²) in [7, 11) is 0. The summed E-state index contributed by atoms with van der Waals surface area (Å²) in [5.74, 6) is -0.111. The monoisotopic (exact) mass is 186 g/mol. The van der Waals surface area contributed by atoms with Crippen LogP contribution < -0.4 is 0 Å². The number of hydrogen-bond acceptors (Lipinski definition) is 3. The van der Waals surface area contributed by atoms with E-state index in [0.717, 1.165) is 0 Å². The van der Waals surface area contributed by atoms with Gasteiger partial charge in [0.2, 0.25) is 0 Å². The molecule has 0 aromatic carbocycles. The molecule has 0 aliphatic rings. The zero-order valence-corrected chi connectivity index (χ0v) is 6.49. The van der Waals surface area contributed by atoms with Crippen LogP contribution in [0.15, 0.2) is 0 Å². The summed E-state index contributed by atoms with van der Waals surface area (Å²) in [6.07, 6.45) is 0. The third-order valence-corrected chi connectivity index (χ3v) is 0.397. The van der Waals surface area contributed by atoms with E-state index in [2.05, 4.69) is 17.4 Å². The summed E-state index contributed by atoms with van der Waals surface area (Å²) in [5, 5.41) is 0. The lowest BCUT2D eigenvalue weighted by molar-refractivity contribution is -0.138. The van der Waals surface area contributed by atoms with Crippen LogP contribution in [-0.2, 0) is 9.53 Å². The molecule has 0 aliphatic carbocycles. The van der Waals surface area contributed by atoms with Gasteiger partial charge in [-0.1, -0.05) is 0 Å². The normalized spacial score (nSPS) is 6.57. The molecule has 2 nitrogen and oxygen atoms in total. The lowest BCUT2D eigenvalue weighted by Gasteiger charge is -1.88. The van der Waals surface area contributed by atoms with Crippen molar-refractivity contribution in [1.82, 2.24) is 0 Å². The second kappa shape index (κ2) is 6.30. The molecule has 0 fully saturated rings. The van der Waals surface area contributed by atoms with Crippen LogP contribution in [-0.4, -0.2) is 11.9 Å². The molecular weight excluding hydrogens is 180 g/mol. The van der Waals surface area contributed by atoms with Gasteiger partial charge in [0, 0.05) is 6.92 Å². The van der Waals surface area contributed by atoms with Crippen LogP contribution in [0.25, 0.3) is 0 Å². The molecule has 0 N–H and O–H groups in total. The summed E-state index contributed by atoms with van der Waals surface area (Å²) in [6.45, 7) is 1.34. The summed E-state index contributed by atoms with van der Waals surface area (Å²) in [4.78, 5) is 9.77. The van der Waals surface area contributed by atoms with Gasteiger partial charge < -0.3 is 4.74 Å². The molecule has 0 heterocycles. The first-order chi connectivity index (χ1) is 2.77. The maximum atomic E-state index is 9.77. The second-order valence-electron chi connectivity index (χ2n) is 0.765. The molecule has 0 rings (SSSR count). The van der Waals surface area contributed by atoms with Gasteiger partial charge in [-0.25, -0.2) is 0 Å². The fourth-order valence-corrected chi connectivity index (χ4v) is 0.273. The molecule has 0 atom stereocenters. The van der Waals surface area contributed by atoms with Crippen molar-refractivity contribution < 1.29 is 9.53 Å². The van der Waals surface area contributed by atoms with Crippen LogP contribution in [0.2, 0.25) is 0 Å². The van der Waals surface area contributed by atoms with Crippen LogP contribution in [0.4, 0.5) is 0 Å². The number of thiol groups is 1. The predicted octanol–water partition coefficient (Wildman–Crippen LogP) is 1.01. The van der Waals surface area contributed by atoms with E-state index in [1.54, 1.807) is 0 Å². The van der Waals surface area contributed by atoms with Crippen molar-refractivity contribution >= 4 is 35.6 Å². The average molecular weight is 187 g/mol. The van der Waals surface area contributed by atoms with E-state index >= 15 is 0 Å². The van der Waals surface area contributed by atoms with Gasteiger partial charge in [0.25, 0.3) is 0 Å². The third-order valence-electron chi connectivity index (χ3n) is 0.268. The first-order valence-electron chi connectivity index (χ1n) is 1.51.